The van der Waals surface area contributed by atoms with Crippen molar-refractivity contribution in [2.45, 2.75) is 45.8 Å². The van der Waals surface area contributed by atoms with Crippen LogP contribution in [-0.4, -0.2) is 35.5 Å². The smallest absolute Gasteiger partial charge is 0.242 e. The number of carbonyl (C=O) groups excluding carboxylic acids is 1. The van der Waals surface area contributed by atoms with Crippen LogP contribution in [0.3, 0.4) is 0 Å². The molecule has 1 amide bonds. The first kappa shape index (κ1) is 14.8. The molecule has 1 rings (SSSR count). The summed E-state index contributed by atoms with van der Waals surface area (Å²) in [5.41, 5.74) is 1.24. The average Bonchev–Trinajstić information content (AvgIpc) is 2.78. The number of aromatic nitrogens is 1. The third-order valence-corrected chi connectivity index (χ3v) is 3.42. The molecule has 4 nitrogen and oxygen atoms in total. The highest BCUT2D eigenvalue weighted by Gasteiger charge is 2.13. The number of nitrogens with one attached hydrogen (secondary N) is 1. The topological polar surface area (TPSA) is 37.3 Å². The normalized spacial score (nSPS) is 12.8. The van der Waals surface area contributed by atoms with Gasteiger partial charge in [-0.3, -0.25) is 4.79 Å². The van der Waals surface area contributed by atoms with Crippen molar-refractivity contribution in [3.63, 3.8) is 0 Å². The lowest BCUT2D eigenvalue weighted by atomic mass is 10.1. The van der Waals surface area contributed by atoms with Gasteiger partial charge in [-0.05, 0) is 38.9 Å². The monoisotopic (exact) mass is 251 g/mol. The van der Waals surface area contributed by atoms with Gasteiger partial charge in [0.2, 0.25) is 5.91 Å². The van der Waals surface area contributed by atoms with Crippen LogP contribution in [0.5, 0.6) is 0 Å². The van der Waals surface area contributed by atoms with Gasteiger partial charge < -0.3 is 14.8 Å². The van der Waals surface area contributed by atoms with Crippen LogP contribution in [0.1, 0.15) is 38.8 Å². The minimum absolute atomic E-state index is 0.143. The van der Waals surface area contributed by atoms with E-state index in [0.717, 1.165) is 6.42 Å². The van der Waals surface area contributed by atoms with Gasteiger partial charge in [0.25, 0.3) is 0 Å². The van der Waals surface area contributed by atoms with Crippen LogP contribution in [0.25, 0.3) is 0 Å². The summed E-state index contributed by atoms with van der Waals surface area (Å²) in [6.45, 7) is 6.60. The maximum Gasteiger partial charge on any atom is 0.242 e. The second-order valence-electron chi connectivity index (χ2n) is 4.97. The summed E-state index contributed by atoms with van der Waals surface area (Å²) in [4.78, 5) is 13.7. The average molecular weight is 251 g/mol. The van der Waals surface area contributed by atoms with E-state index in [1.165, 1.54) is 5.56 Å². The van der Waals surface area contributed by atoms with Crippen LogP contribution >= 0.6 is 0 Å². The van der Waals surface area contributed by atoms with E-state index in [0.29, 0.717) is 12.6 Å². The Kier molecular flexibility index (Phi) is 5.41. The predicted molar refractivity (Wildman–Crippen MR) is 74.4 cm³/mol. The number of nitrogens with zero attached hydrogens (tertiary/aromatic N) is 2. The molecule has 0 saturated carbocycles. The van der Waals surface area contributed by atoms with Gasteiger partial charge in [0.1, 0.15) is 6.54 Å². The molecule has 18 heavy (non-hydrogen) atoms. The van der Waals surface area contributed by atoms with E-state index >= 15 is 0 Å². The summed E-state index contributed by atoms with van der Waals surface area (Å²) in [5, 5.41) is 3.27. The van der Waals surface area contributed by atoms with Crippen molar-refractivity contribution in [1.29, 1.82) is 0 Å². The van der Waals surface area contributed by atoms with Crippen molar-refractivity contribution in [2.24, 2.45) is 0 Å². The van der Waals surface area contributed by atoms with E-state index in [9.17, 15) is 4.79 Å². The van der Waals surface area contributed by atoms with Gasteiger partial charge >= 0.3 is 0 Å². The van der Waals surface area contributed by atoms with E-state index in [1.807, 2.05) is 38.7 Å². The summed E-state index contributed by atoms with van der Waals surface area (Å²) < 4.78 is 1.95. The molecule has 0 aromatic carbocycles. The highest BCUT2D eigenvalue weighted by Crippen LogP contribution is 2.16. The Morgan fingerprint density at radius 1 is 1.50 bits per heavy atom. The molecule has 102 valence electrons. The van der Waals surface area contributed by atoms with Gasteiger partial charge in [-0.25, -0.2) is 0 Å². The van der Waals surface area contributed by atoms with Crippen molar-refractivity contribution >= 4 is 5.91 Å². The Hall–Kier alpha value is -1.29. The summed E-state index contributed by atoms with van der Waals surface area (Å²) in [6, 6.07) is 2.69. The zero-order valence-electron chi connectivity index (χ0n) is 12.1. The molecular weight excluding hydrogens is 226 g/mol. The minimum Gasteiger partial charge on any atom is -0.345 e. The summed E-state index contributed by atoms with van der Waals surface area (Å²) >= 11 is 0. The zero-order chi connectivity index (χ0) is 13.7. The number of hydrogen-bond donors (Lipinski definition) is 1. The first-order valence-corrected chi connectivity index (χ1v) is 6.58. The van der Waals surface area contributed by atoms with E-state index in [-0.39, 0.29) is 11.9 Å². The van der Waals surface area contributed by atoms with Crippen molar-refractivity contribution in [2.75, 3.05) is 14.1 Å². The molecule has 1 aromatic heterocycles. The highest BCUT2D eigenvalue weighted by molar-refractivity contribution is 5.76. The Morgan fingerprint density at radius 2 is 2.17 bits per heavy atom. The van der Waals surface area contributed by atoms with Crippen molar-refractivity contribution in [1.82, 2.24) is 14.8 Å². The number of carbonyl (C=O) groups is 1. The molecule has 0 fully saturated rings. The zero-order valence-corrected chi connectivity index (χ0v) is 12.1. The van der Waals surface area contributed by atoms with Crippen LogP contribution in [0.4, 0.5) is 0 Å². The lowest BCUT2D eigenvalue weighted by Crippen LogP contribution is -2.35. The van der Waals surface area contributed by atoms with Gasteiger partial charge in [-0.15, -0.1) is 0 Å². The van der Waals surface area contributed by atoms with E-state index in [4.69, 9.17) is 0 Å². The largest absolute Gasteiger partial charge is 0.345 e. The predicted octanol–water partition coefficient (Wildman–Crippen LogP) is 2.03. The summed E-state index contributed by atoms with van der Waals surface area (Å²) in [6.07, 6.45) is 5.07. The molecule has 1 heterocycles. The molecule has 0 aliphatic heterocycles. The third-order valence-electron chi connectivity index (χ3n) is 3.42. The van der Waals surface area contributed by atoms with Crippen LogP contribution in [0.15, 0.2) is 18.5 Å². The second kappa shape index (κ2) is 6.59. The number of amides is 1. The Labute approximate surface area is 110 Å². The molecule has 1 atom stereocenters. The van der Waals surface area contributed by atoms with Crippen molar-refractivity contribution in [3.8, 4) is 0 Å². The Balaban J connectivity index is 2.67. The highest BCUT2D eigenvalue weighted by atomic mass is 16.2. The Bertz CT molecular complexity index is 380. The lowest BCUT2D eigenvalue weighted by Gasteiger charge is -2.21. The Morgan fingerprint density at radius 3 is 2.67 bits per heavy atom. The van der Waals surface area contributed by atoms with Gasteiger partial charge in [-0.1, -0.05) is 6.92 Å². The molecule has 0 spiro atoms. The lowest BCUT2D eigenvalue weighted by molar-refractivity contribution is -0.131. The fourth-order valence-electron chi connectivity index (χ4n) is 1.93. The maximum absolute atomic E-state index is 12.0. The molecule has 1 N–H and O–H groups in total. The minimum atomic E-state index is 0.143. The number of rotatable bonds is 6. The van der Waals surface area contributed by atoms with Gasteiger partial charge in [0, 0.05) is 31.5 Å². The molecule has 4 heteroatoms. The van der Waals surface area contributed by atoms with Gasteiger partial charge in [0.15, 0.2) is 0 Å². The quantitative estimate of drug-likeness (QED) is 0.840. The van der Waals surface area contributed by atoms with Gasteiger partial charge in [-0.2, -0.15) is 0 Å². The maximum atomic E-state index is 12.0. The molecule has 0 saturated heterocycles. The van der Waals surface area contributed by atoms with Crippen LogP contribution < -0.4 is 5.32 Å². The standard InChI is InChI=1S/C14H25N3O/c1-6-13(15-4)12-7-8-17(9-12)10-14(18)16(5)11(2)3/h7-9,11,13,15H,6,10H2,1-5H3. The van der Waals surface area contributed by atoms with Crippen molar-refractivity contribution < 1.29 is 4.79 Å². The van der Waals surface area contributed by atoms with E-state index < -0.39 is 0 Å². The summed E-state index contributed by atoms with van der Waals surface area (Å²) in [5.74, 6) is 0.143. The molecule has 1 unspecified atom stereocenters. The van der Waals surface area contributed by atoms with Crippen LogP contribution in [0, 0.1) is 0 Å². The molecule has 0 aliphatic rings. The molecule has 1 aromatic rings. The molecule has 0 bridgehead atoms. The summed E-state index contributed by atoms with van der Waals surface area (Å²) in [7, 11) is 3.81. The van der Waals surface area contributed by atoms with Crippen LogP contribution in [-0.2, 0) is 11.3 Å². The SMILES string of the molecule is CCC(NC)c1ccn(CC(=O)N(C)C(C)C)c1. The molecule has 0 aliphatic carbocycles. The molecular formula is C14H25N3O. The van der Waals surface area contributed by atoms with Crippen molar-refractivity contribution in [3.05, 3.63) is 24.0 Å². The third kappa shape index (κ3) is 3.60. The number of hydrogen-bond acceptors (Lipinski definition) is 2. The van der Waals surface area contributed by atoms with Gasteiger partial charge in [0.05, 0.1) is 0 Å². The van der Waals surface area contributed by atoms with E-state index in [1.54, 1.807) is 4.90 Å². The first-order valence-electron chi connectivity index (χ1n) is 6.58. The molecule has 0 radical (unpaired) electrons. The first-order chi connectivity index (χ1) is 8.49. The number of likely N-dealkylation sites (N-methyl/N-ethyl adjacent to an activating group) is 1. The fraction of sp³-hybridized carbons (Fsp3) is 0.643. The fourth-order valence-corrected chi connectivity index (χ4v) is 1.93. The van der Waals surface area contributed by atoms with Crippen LogP contribution in [0.2, 0.25) is 0 Å². The van der Waals surface area contributed by atoms with E-state index in [2.05, 4.69) is 24.5 Å². The second-order valence-corrected chi connectivity index (χ2v) is 4.97.